The van der Waals surface area contributed by atoms with Gasteiger partial charge in [0.2, 0.25) is 0 Å². The molecule has 0 saturated carbocycles. The topological polar surface area (TPSA) is 55.0 Å². The van der Waals surface area contributed by atoms with Gasteiger partial charge in [0.25, 0.3) is 0 Å². The van der Waals surface area contributed by atoms with Crippen molar-refractivity contribution in [2.24, 2.45) is 0 Å². The highest BCUT2D eigenvalue weighted by Gasteiger charge is 2.40. The molecule has 0 fully saturated rings. The predicted octanol–water partition coefficient (Wildman–Crippen LogP) is 2.37. The van der Waals surface area contributed by atoms with Gasteiger partial charge in [-0.2, -0.15) is 13.2 Å². The zero-order valence-electron chi connectivity index (χ0n) is 8.63. The number of methoxy groups -OCH3 is 1. The molecule has 2 heterocycles. The lowest BCUT2D eigenvalue weighted by atomic mass is 10.2. The van der Waals surface area contributed by atoms with E-state index in [2.05, 4.69) is 14.7 Å². The maximum absolute atomic E-state index is 12.8. The minimum absolute atomic E-state index is 0.139. The Labute approximate surface area is 93.4 Å². The fraction of sp³-hybridized carbons (Fsp3) is 0.200. The van der Waals surface area contributed by atoms with Gasteiger partial charge in [0.1, 0.15) is 16.8 Å². The summed E-state index contributed by atoms with van der Waals surface area (Å²) in [5.74, 6) is -1.07. The Balaban J connectivity index is 2.79. The van der Waals surface area contributed by atoms with Crippen LogP contribution in [0.4, 0.5) is 13.2 Å². The van der Waals surface area contributed by atoms with Crippen LogP contribution in [0.15, 0.2) is 18.3 Å². The number of ether oxygens (including phenoxy) is 1. The molecule has 0 bridgehead atoms. The molecule has 0 aliphatic rings. The van der Waals surface area contributed by atoms with Gasteiger partial charge in [-0.25, -0.2) is 4.79 Å². The molecular formula is C10H7F3N2O2. The Bertz CT molecular complexity index is 574. The normalized spacial score (nSPS) is 11.8. The van der Waals surface area contributed by atoms with Crippen molar-refractivity contribution in [3.63, 3.8) is 0 Å². The molecule has 2 aromatic rings. The van der Waals surface area contributed by atoms with Gasteiger partial charge in [0.05, 0.1) is 12.6 Å². The number of pyridine rings is 1. The van der Waals surface area contributed by atoms with Crippen molar-refractivity contribution in [1.29, 1.82) is 0 Å². The Hall–Kier alpha value is -2.05. The van der Waals surface area contributed by atoms with Gasteiger partial charge in [-0.1, -0.05) is 0 Å². The highest BCUT2D eigenvalue weighted by molar-refractivity contribution is 5.97. The number of alkyl halides is 3. The van der Waals surface area contributed by atoms with Crippen molar-refractivity contribution in [3.05, 3.63) is 29.6 Å². The monoisotopic (exact) mass is 244 g/mol. The molecule has 2 aromatic heterocycles. The van der Waals surface area contributed by atoms with Gasteiger partial charge in [-0.05, 0) is 12.1 Å². The van der Waals surface area contributed by atoms with E-state index in [0.717, 1.165) is 7.11 Å². The fourth-order valence-corrected chi connectivity index (χ4v) is 1.55. The molecule has 90 valence electrons. The molecular weight excluding hydrogens is 237 g/mol. The highest BCUT2D eigenvalue weighted by Crippen LogP contribution is 2.36. The molecule has 0 radical (unpaired) electrons. The molecule has 0 unspecified atom stereocenters. The number of H-pyrrole nitrogens is 1. The minimum atomic E-state index is -4.67. The number of rotatable bonds is 1. The van der Waals surface area contributed by atoms with Gasteiger partial charge in [-0.3, -0.25) is 4.98 Å². The van der Waals surface area contributed by atoms with Crippen LogP contribution in [0.25, 0.3) is 11.0 Å². The van der Waals surface area contributed by atoms with E-state index in [-0.39, 0.29) is 11.0 Å². The lowest BCUT2D eigenvalue weighted by Gasteiger charge is -2.06. The van der Waals surface area contributed by atoms with Gasteiger partial charge < -0.3 is 9.72 Å². The van der Waals surface area contributed by atoms with Crippen molar-refractivity contribution in [3.8, 4) is 0 Å². The summed E-state index contributed by atoms with van der Waals surface area (Å²) in [5.41, 5.74) is -1.88. The summed E-state index contributed by atoms with van der Waals surface area (Å²) in [6.07, 6.45) is -3.44. The summed E-state index contributed by atoms with van der Waals surface area (Å²) in [5, 5.41) is 0. The van der Waals surface area contributed by atoms with E-state index in [0.29, 0.717) is 0 Å². The maximum atomic E-state index is 12.8. The van der Waals surface area contributed by atoms with Crippen LogP contribution in [0.2, 0.25) is 0 Å². The number of aromatic amines is 1. The first-order valence-corrected chi connectivity index (χ1v) is 4.57. The second-order valence-corrected chi connectivity index (χ2v) is 3.26. The zero-order chi connectivity index (χ0) is 12.6. The van der Waals surface area contributed by atoms with Crippen molar-refractivity contribution < 1.29 is 22.7 Å². The van der Waals surface area contributed by atoms with Crippen LogP contribution in [0, 0.1) is 0 Å². The molecule has 2 rings (SSSR count). The average Bonchev–Trinajstić information content (AvgIpc) is 2.66. The lowest BCUT2D eigenvalue weighted by molar-refractivity contribution is -0.136. The van der Waals surface area contributed by atoms with E-state index in [9.17, 15) is 18.0 Å². The molecule has 0 atom stereocenters. The number of nitrogens with one attached hydrogen (secondary N) is 1. The molecule has 4 nitrogen and oxygen atoms in total. The number of hydrogen-bond donors (Lipinski definition) is 1. The van der Waals surface area contributed by atoms with Crippen LogP contribution < -0.4 is 0 Å². The summed E-state index contributed by atoms with van der Waals surface area (Å²) in [7, 11) is 1.02. The molecule has 0 saturated heterocycles. The highest BCUT2D eigenvalue weighted by atomic mass is 19.4. The van der Waals surface area contributed by atoms with E-state index >= 15 is 0 Å². The van der Waals surface area contributed by atoms with Gasteiger partial charge >= 0.3 is 12.1 Å². The minimum Gasteiger partial charge on any atom is -0.464 e. The molecule has 0 spiro atoms. The number of carbonyl (C=O) groups is 1. The van der Waals surface area contributed by atoms with E-state index in [1.807, 2.05) is 0 Å². The molecule has 17 heavy (non-hydrogen) atoms. The Morgan fingerprint density at radius 1 is 1.47 bits per heavy atom. The van der Waals surface area contributed by atoms with Crippen molar-refractivity contribution in [2.75, 3.05) is 7.11 Å². The number of hydrogen-bond acceptors (Lipinski definition) is 3. The third-order valence-corrected chi connectivity index (χ3v) is 2.23. The van der Waals surface area contributed by atoms with Crippen LogP contribution in [0.1, 0.15) is 16.1 Å². The summed E-state index contributed by atoms with van der Waals surface area (Å²) in [6, 6.07) is 2.88. The molecule has 7 heteroatoms. The van der Waals surface area contributed by atoms with Gasteiger partial charge in [0, 0.05) is 6.20 Å². The summed E-state index contributed by atoms with van der Waals surface area (Å²) in [4.78, 5) is 17.3. The van der Waals surface area contributed by atoms with E-state index in [1.54, 1.807) is 0 Å². The number of carbonyl (C=O) groups excluding carboxylic acids is 1. The van der Waals surface area contributed by atoms with E-state index < -0.39 is 23.4 Å². The van der Waals surface area contributed by atoms with Crippen molar-refractivity contribution in [1.82, 2.24) is 9.97 Å². The second kappa shape index (κ2) is 3.76. The van der Waals surface area contributed by atoms with Gasteiger partial charge in [0.15, 0.2) is 0 Å². The first-order valence-electron chi connectivity index (χ1n) is 4.57. The lowest BCUT2D eigenvalue weighted by Crippen LogP contribution is -2.13. The van der Waals surface area contributed by atoms with Crippen LogP contribution in [-0.4, -0.2) is 23.0 Å². The van der Waals surface area contributed by atoms with Crippen LogP contribution in [0.3, 0.4) is 0 Å². The maximum Gasteiger partial charge on any atom is 0.420 e. The number of aromatic nitrogens is 2. The summed E-state index contributed by atoms with van der Waals surface area (Å²) < 4.78 is 42.8. The average molecular weight is 244 g/mol. The third kappa shape index (κ3) is 1.83. The predicted molar refractivity (Wildman–Crippen MR) is 52.4 cm³/mol. The number of esters is 1. The van der Waals surface area contributed by atoms with E-state index in [4.69, 9.17) is 0 Å². The Kier molecular flexibility index (Phi) is 2.53. The first-order chi connectivity index (χ1) is 7.95. The Morgan fingerprint density at radius 2 is 2.18 bits per heavy atom. The summed E-state index contributed by atoms with van der Waals surface area (Å²) in [6.45, 7) is 0. The fourth-order valence-electron chi connectivity index (χ4n) is 1.55. The van der Waals surface area contributed by atoms with Crippen molar-refractivity contribution in [2.45, 2.75) is 6.18 Å². The quantitative estimate of drug-likeness (QED) is 0.783. The molecule has 0 aromatic carbocycles. The molecule has 0 amide bonds. The number of halogens is 3. The number of nitrogens with zero attached hydrogens (tertiary/aromatic N) is 1. The van der Waals surface area contributed by atoms with Crippen LogP contribution in [0.5, 0.6) is 0 Å². The largest absolute Gasteiger partial charge is 0.464 e. The first kappa shape index (κ1) is 11.4. The van der Waals surface area contributed by atoms with Crippen molar-refractivity contribution >= 4 is 17.0 Å². The standard InChI is InChI=1S/C10H7F3N2O2/c1-17-9(16)8-6(10(11,12)13)7-5(15-8)3-2-4-14-7/h2-4,15H,1H3. The molecule has 1 N–H and O–H groups in total. The zero-order valence-corrected chi connectivity index (χ0v) is 8.63. The van der Waals surface area contributed by atoms with Crippen LogP contribution in [-0.2, 0) is 10.9 Å². The second-order valence-electron chi connectivity index (χ2n) is 3.26. The number of fused-ring (bicyclic) bond motifs is 1. The third-order valence-electron chi connectivity index (χ3n) is 2.23. The summed E-state index contributed by atoms with van der Waals surface area (Å²) >= 11 is 0. The Morgan fingerprint density at radius 3 is 2.76 bits per heavy atom. The van der Waals surface area contributed by atoms with E-state index in [1.165, 1.54) is 18.3 Å². The molecule has 0 aliphatic carbocycles. The molecule has 0 aliphatic heterocycles. The smallest absolute Gasteiger partial charge is 0.420 e. The van der Waals surface area contributed by atoms with Gasteiger partial charge in [-0.15, -0.1) is 0 Å². The SMILES string of the molecule is COC(=O)c1[nH]c2cccnc2c1C(F)(F)F. The van der Waals surface area contributed by atoms with Crippen LogP contribution >= 0.6 is 0 Å².